The Labute approximate surface area is 123 Å². The number of hydrogen-bond donors (Lipinski definition) is 2. The Morgan fingerprint density at radius 2 is 2.21 bits per heavy atom. The molecule has 19 heavy (non-hydrogen) atoms. The van der Waals surface area contributed by atoms with E-state index in [-0.39, 0.29) is 25.2 Å². The first-order chi connectivity index (χ1) is 9.08. The van der Waals surface area contributed by atoms with Crippen LogP contribution in [0.3, 0.4) is 0 Å². The molecule has 2 unspecified atom stereocenters. The van der Waals surface area contributed by atoms with Crippen molar-refractivity contribution in [3.8, 4) is 18.1 Å². The molecule has 0 bridgehead atoms. The summed E-state index contributed by atoms with van der Waals surface area (Å²) in [4.78, 5) is 0. The van der Waals surface area contributed by atoms with Gasteiger partial charge in [0.15, 0.2) is 0 Å². The highest BCUT2D eigenvalue weighted by Gasteiger charge is 2.12. The summed E-state index contributed by atoms with van der Waals surface area (Å²) in [6.45, 7) is 5.17. The number of rotatable bonds is 7. The molecular weight excluding hydrogens is 306 g/mol. The standard InChI is InChI=1S/C15H20BrNO2/c1-4-7-19-15-6-5-14(16)8-13(15)9-17-12(3)11(2)10-18/h1,5-6,8,11-12,17-18H,7,9-10H2,2-3H3. The molecule has 0 saturated carbocycles. The van der Waals surface area contributed by atoms with Crippen molar-refractivity contribution < 1.29 is 9.84 Å². The second-order valence-corrected chi connectivity index (χ2v) is 5.49. The van der Waals surface area contributed by atoms with Crippen molar-refractivity contribution in [3.05, 3.63) is 28.2 Å². The zero-order chi connectivity index (χ0) is 14.3. The van der Waals surface area contributed by atoms with Gasteiger partial charge in [-0.15, -0.1) is 6.42 Å². The molecule has 0 heterocycles. The predicted octanol–water partition coefficient (Wildman–Crippen LogP) is 2.57. The summed E-state index contributed by atoms with van der Waals surface area (Å²) >= 11 is 3.45. The maximum Gasteiger partial charge on any atom is 0.148 e. The highest BCUT2D eigenvalue weighted by molar-refractivity contribution is 9.10. The van der Waals surface area contributed by atoms with Gasteiger partial charge in [0.1, 0.15) is 12.4 Å². The molecule has 0 spiro atoms. The Morgan fingerprint density at radius 1 is 1.47 bits per heavy atom. The molecule has 1 rings (SSSR count). The number of halogens is 1. The average molecular weight is 326 g/mol. The summed E-state index contributed by atoms with van der Waals surface area (Å²) < 4.78 is 6.51. The van der Waals surface area contributed by atoms with E-state index in [2.05, 4.69) is 34.1 Å². The molecule has 104 valence electrons. The summed E-state index contributed by atoms with van der Waals surface area (Å²) in [5.41, 5.74) is 1.04. The minimum atomic E-state index is 0.174. The number of benzene rings is 1. The number of hydrogen-bond acceptors (Lipinski definition) is 3. The van der Waals surface area contributed by atoms with Gasteiger partial charge in [0, 0.05) is 29.2 Å². The van der Waals surface area contributed by atoms with E-state index in [0.29, 0.717) is 6.54 Å². The van der Waals surface area contributed by atoms with Crippen molar-refractivity contribution in [1.29, 1.82) is 0 Å². The van der Waals surface area contributed by atoms with E-state index in [1.165, 1.54) is 0 Å². The van der Waals surface area contributed by atoms with Gasteiger partial charge in [0.2, 0.25) is 0 Å². The molecule has 0 aliphatic carbocycles. The average Bonchev–Trinajstić information content (AvgIpc) is 2.42. The van der Waals surface area contributed by atoms with Crippen LogP contribution in [0, 0.1) is 18.3 Å². The van der Waals surface area contributed by atoms with E-state index in [1.807, 2.05) is 25.1 Å². The van der Waals surface area contributed by atoms with Crippen molar-refractivity contribution in [1.82, 2.24) is 5.32 Å². The van der Waals surface area contributed by atoms with Gasteiger partial charge in [0.05, 0.1) is 0 Å². The molecule has 0 aliphatic rings. The van der Waals surface area contributed by atoms with E-state index in [1.54, 1.807) is 0 Å². The van der Waals surface area contributed by atoms with Crippen LogP contribution >= 0.6 is 15.9 Å². The molecule has 2 atom stereocenters. The van der Waals surface area contributed by atoms with Crippen molar-refractivity contribution in [2.45, 2.75) is 26.4 Å². The largest absolute Gasteiger partial charge is 0.481 e. The summed E-state index contributed by atoms with van der Waals surface area (Å²) in [6.07, 6.45) is 5.21. The third-order valence-electron chi connectivity index (χ3n) is 3.09. The Bertz CT molecular complexity index is 442. The molecule has 0 saturated heterocycles. The first-order valence-electron chi connectivity index (χ1n) is 6.27. The summed E-state index contributed by atoms with van der Waals surface area (Å²) in [5, 5.41) is 12.5. The SMILES string of the molecule is C#CCOc1ccc(Br)cc1CNC(C)C(C)CO. The van der Waals surface area contributed by atoms with Crippen LogP contribution in [0.4, 0.5) is 0 Å². The number of terminal acetylenes is 1. The Morgan fingerprint density at radius 3 is 2.84 bits per heavy atom. The van der Waals surface area contributed by atoms with Crippen LogP contribution in [0.5, 0.6) is 5.75 Å². The molecule has 1 aromatic rings. The van der Waals surface area contributed by atoms with Crippen LogP contribution < -0.4 is 10.1 Å². The van der Waals surface area contributed by atoms with Crippen LogP contribution in [0.2, 0.25) is 0 Å². The van der Waals surface area contributed by atoms with E-state index >= 15 is 0 Å². The fraction of sp³-hybridized carbons (Fsp3) is 0.467. The summed E-state index contributed by atoms with van der Waals surface area (Å²) in [7, 11) is 0. The van der Waals surface area contributed by atoms with Crippen LogP contribution in [-0.2, 0) is 6.54 Å². The second-order valence-electron chi connectivity index (χ2n) is 4.57. The normalized spacial score (nSPS) is 13.6. The lowest BCUT2D eigenvalue weighted by Gasteiger charge is -2.20. The lowest BCUT2D eigenvalue weighted by Crippen LogP contribution is -2.33. The highest BCUT2D eigenvalue weighted by Crippen LogP contribution is 2.23. The number of aliphatic hydroxyl groups excluding tert-OH is 1. The highest BCUT2D eigenvalue weighted by atomic mass is 79.9. The van der Waals surface area contributed by atoms with E-state index < -0.39 is 0 Å². The minimum absolute atomic E-state index is 0.174. The van der Waals surface area contributed by atoms with Crippen molar-refractivity contribution in [2.24, 2.45) is 5.92 Å². The summed E-state index contributed by atoms with van der Waals surface area (Å²) in [5.74, 6) is 3.46. The van der Waals surface area contributed by atoms with Crippen LogP contribution in [-0.4, -0.2) is 24.4 Å². The van der Waals surface area contributed by atoms with Gasteiger partial charge in [-0.2, -0.15) is 0 Å². The molecule has 1 aromatic carbocycles. The Hall–Kier alpha value is -1.02. The second kappa shape index (κ2) is 8.21. The van der Waals surface area contributed by atoms with Crippen molar-refractivity contribution >= 4 is 15.9 Å². The maximum absolute atomic E-state index is 9.12. The van der Waals surface area contributed by atoms with E-state index in [4.69, 9.17) is 16.3 Å². The number of nitrogens with one attached hydrogen (secondary N) is 1. The lowest BCUT2D eigenvalue weighted by molar-refractivity contribution is 0.206. The zero-order valence-electron chi connectivity index (χ0n) is 11.3. The summed E-state index contributed by atoms with van der Waals surface area (Å²) in [6, 6.07) is 6.06. The molecule has 0 amide bonds. The van der Waals surface area contributed by atoms with Crippen LogP contribution in [0.15, 0.2) is 22.7 Å². The van der Waals surface area contributed by atoms with Gasteiger partial charge in [-0.25, -0.2) is 0 Å². The molecule has 0 aliphatic heterocycles. The van der Waals surface area contributed by atoms with Gasteiger partial charge in [-0.1, -0.05) is 28.8 Å². The molecular formula is C15H20BrNO2. The monoisotopic (exact) mass is 325 g/mol. The maximum atomic E-state index is 9.12. The van der Waals surface area contributed by atoms with Gasteiger partial charge >= 0.3 is 0 Å². The molecule has 2 N–H and O–H groups in total. The first kappa shape index (κ1) is 16.0. The number of ether oxygens (including phenoxy) is 1. The van der Waals surface area contributed by atoms with Crippen molar-refractivity contribution in [2.75, 3.05) is 13.2 Å². The van der Waals surface area contributed by atoms with Gasteiger partial charge in [-0.3, -0.25) is 0 Å². The molecule has 0 aromatic heterocycles. The minimum Gasteiger partial charge on any atom is -0.481 e. The fourth-order valence-corrected chi connectivity index (χ4v) is 1.99. The smallest absolute Gasteiger partial charge is 0.148 e. The molecule has 0 radical (unpaired) electrons. The Balaban J connectivity index is 2.70. The first-order valence-corrected chi connectivity index (χ1v) is 7.06. The Kier molecular flexibility index (Phi) is 6.93. The predicted molar refractivity (Wildman–Crippen MR) is 81.0 cm³/mol. The lowest BCUT2D eigenvalue weighted by atomic mass is 10.0. The van der Waals surface area contributed by atoms with Crippen molar-refractivity contribution in [3.63, 3.8) is 0 Å². The van der Waals surface area contributed by atoms with E-state index in [9.17, 15) is 0 Å². The third kappa shape index (κ3) is 5.23. The molecule has 4 heteroatoms. The molecule has 3 nitrogen and oxygen atoms in total. The van der Waals surface area contributed by atoms with Crippen LogP contribution in [0.1, 0.15) is 19.4 Å². The quantitative estimate of drug-likeness (QED) is 0.757. The van der Waals surface area contributed by atoms with Gasteiger partial charge in [0.25, 0.3) is 0 Å². The third-order valence-corrected chi connectivity index (χ3v) is 3.58. The molecule has 0 fully saturated rings. The number of aliphatic hydroxyl groups is 1. The van der Waals surface area contributed by atoms with E-state index in [0.717, 1.165) is 15.8 Å². The topological polar surface area (TPSA) is 41.5 Å². The fourth-order valence-electron chi connectivity index (χ4n) is 1.58. The van der Waals surface area contributed by atoms with Gasteiger partial charge in [-0.05, 0) is 31.0 Å². The zero-order valence-corrected chi connectivity index (χ0v) is 12.9. The van der Waals surface area contributed by atoms with Gasteiger partial charge < -0.3 is 15.2 Å². The van der Waals surface area contributed by atoms with Crippen LogP contribution in [0.25, 0.3) is 0 Å².